The summed E-state index contributed by atoms with van der Waals surface area (Å²) in [5.41, 5.74) is 2.17. The smallest absolute Gasteiger partial charge is 0.317 e. The van der Waals surface area contributed by atoms with E-state index in [1.54, 1.807) is 0 Å². The first kappa shape index (κ1) is 15.0. The van der Waals surface area contributed by atoms with Crippen LogP contribution in [0.2, 0.25) is 0 Å². The maximum Gasteiger partial charge on any atom is 0.317 e. The van der Waals surface area contributed by atoms with Crippen LogP contribution in [0.4, 0.5) is 4.79 Å². The molecule has 19 heavy (non-hydrogen) atoms. The van der Waals surface area contributed by atoms with Gasteiger partial charge in [-0.15, -0.1) is 0 Å². The van der Waals surface area contributed by atoms with Gasteiger partial charge < -0.3 is 15.3 Å². The number of nitrogens with zero attached hydrogens (tertiary/aromatic N) is 1. The number of aliphatic carboxylic acids is 1. The van der Waals surface area contributed by atoms with Gasteiger partial charge in [0.1, 0.15) is 0 Å². The maximum absolute atomic E-state index is 11.9. The van der Waals surface area contributed by atoms with E-state index in [0.29, 0.717) is 13.1 Å². The summed E-state index contributed by atoms with van der Waals surface area (Å²) in [6, 6.07) is 7.66. The second-order valence-electron chi connectivity index (χ2n) is 4.37. The highest BCUT2D eigenvalue weighted by Gasteiger charge is 2.12. The van der Waals surface area contributed by atoms with Gasteiger partial charge in [-0.05, 0) is 19.4 Å². The molecule has 1 aromatic rings. The topological polar surface area (TPSA) is 69.6 Å². The van der Waals surface area contributed by atoms with Crippen LogP contribution in [0.5, 0.6) is 0 Å². The molecule has 104 valence electrons. The second kappa shape index (κ2) is 7.41. The van der Waals surface area contributed by atoms with Crippen LogP contribution in [0.15, 0.2) is 24.3 Å². The van der Waals surface area contributed by atoms with E-state index in [-0.39, 0.29) is 19.0 Å². The Morgan fingerprint density at radius 2 is 2.11 bits per heavy atom. The summed E-state index contributed by atoms with van der Waals surface area (Å²) < 4.78 is 0. The highest BCUT2D eigenvalue weighted by Crippen LogP contribution is 2.03. The molecule has 1 rings (SSSR count). The van der Waals surface area contributed by atoms with Crippen molar-refractivity contribution in [1.29, 1.82) is 0 Å². The fourth-order valence-corrected chi connectivity index (χ4v) is 1.75. The molecule has 0 spiro atoms. The van der Waals surface area contributed by atoms with Crippen LogP contribution in [-0.4, -0.2) is 35.1 Å². The zero-order valence-electron chi connectivity index (χ0n) is 11.3. The lowest BCUT2D eigenvalue weighted by atomic mass is 10.1. The molecule has 5 heteroatoms. The minimum absolute atomic E-state index is 0.0360. The van der Waals surface area contributed by atoms with Crippen molar-refractivity contribution in [2.24, 2.45) is 0 Å². The zero-order chi connectivity index (χ0) is 14.3. The van der Waals surface area contributed by atoms with Crippen molar-refractivity contribution in [3.63, 3.8) is 0 Å². The number of carboxylic acids is 1. The standard InChI is InChI=1S/C14H20N2O3/c1-3-16(8-7-13(17)18)14(19)15-10-12-6-4-5-11(2)9-12/h4-6,9H,3,7-8,10H2,1-2H3,(H,15,19)(H,17,18). The van der Waals surface area contributed by atoms with Crippen LogP contribution in [0, 0.1) is 6.92 Å². The zero-order valence-corrected chi connectivity index (χ0v) is 11.3. The number of carbonyl (C=O) groups is 2. The van der Waals surface area contributed by atoms with Gasteiger partial charge in [-0.1, -0.05) is 29.8 Å². The van der Waals surface area contributed by atoms with Crippen LogP contribution in [0.1, 0.15) is 24.5 Å². The van der Waals surface area contributed by atoms with Crippen LogP contribution in [-0.2, 0) is 11.3 Å². The molecule has 0 aliphatic heterocycles. The number of aryl methyl sites for hydroxylation is 1. The number of rotatable bonds is 6. The summed E-state index contributed by atoms with van der Waals surface area (Å²) >= 11 is 0. The number of benzene rings is 1. The van der Waals surface area contributed by atoms with E-state index in [0.717, 1.165) is 11.1 Å². The molecule has 0 bridgehead atoms. The van der Waals surface area contributed by atoms with E-state index < -0.39 is 5.97 Å². The predicted octanol–water partition coefficient (Wildman–Crippen LogP) is 2.00. The summed E-state index contributed by atoms with van der Waals surface area (Å²) in [5, 5.41) is 11.4. The summed E-state index contributed by atoms with van der Waals surface area (Å²) in [6.45, 7) is 4.99. The number of hydrogen-bond donors (Lipinski definition) is 2. The molecule has 0 unspecified atom stereocenters. The molecule has 0 fully saturated rings. The Morgan fingerprint density at radius 3 is 2.68 bits per heavy atom. The van der Waals surface area contributed by atoms with Crippen molar-refractivity contribution in [2.75, 3.05) is 13.1 Å². The molecule has 0 saturated heterocycles. The molecule has 0 aliphatic carbocycles. The minimum Gasteiger partial charge on any atom is -0.481 e. The van der Waals surface area contributed by atoms with Gasteiger partial charge in [0.05, 0.1) is 6.42 Å². The van der Waals surface area contributed by atoms with Crippen LogP contribution < -0.4 is 5.32 Å². The third-order valence-corrected chi connectivity index (χ3v) is 2.79. The maximum atomic E-state index is 11.9. The molecule has 0 aromatic heterocycles. The Bertz CT molecular complexity index is 446. The van der Waals surface area contributed by atoms with Gasteiger partial charge in [0.15, 0.2) is 0 Å². The van der Waals surface area contributed by atoms with Gasteiger partial charge in [0.25, 0.3) is 0 Å². The monoisotopic (exact) mass is 264 g/mol. The molecule has 2 amide bonds. The van der Waals surface area contributed by atoms with Crippen LogP contribution in [0.3, 0.4) is 0 Å². The van der Waals surface area contributed by atoms with E-state index in [2.05, 4.69) is 5.32 Å². The molecule has 0 aliphatic rings. The Hall–Kier alpha value is -2.04. The van der Waals surface area contributed by atoms with E-state index >= 15 is 0 Å². The fraction of sp³-hybridized carbons (Fsp3) is 0.429. The van der Waals surface area contributed by atoms with Crippen molar-refractivity contribution in [3.8, 4) is 0 Å². The summed E-state index contributed by atoms with van der Waals surface area (Å²) in [4.78, 5) is 23.9. The van der Waals surface area contributed by atoms with Crippen molar-refractivity contribution < 1.29 is 14.7 Å². The molecular formula is C14H20N2O3. The number of amides is 2. The van der Waals surface area contributed by atoms with Crippen LogP contribution in [0.25, 0.3) is 0 Å². The molecule has 2 N–H and O–H groups in total. The molecule has 0 radical (unpaired) electrons. The first-order valence-corrected chi connectivity index (χ1v) is 6.33. The van der Waals surface area contributed by atoms with Crippen LogP contribution >= 0.6 is 0 Å². The Balaban J connectivity index is 2.46. The predicted molar refractivity (Wildman–Crippen MR) is 72.9 cm³/mol. The SMILES string of the molecule is CCN(CCC(=O)O)C(=O)NCc1cccc(C)c1. The lowest BCUT2D eigenvalue weighted by molar-refractivity contribution is -0.137. The highest BCUT2D eigenvalue weighted by atomic mass is 16.4. The lowest BCUT2D eigenvalue weighted by Gasteiger charge is -2.20. The largest absolute Gasteiger partial charge is 0.481 e. The van der Waals surface area contributed by atoms with Gasteiger partial charge in [-0.3, -0.25) is 4.79 Å². The lowest BCUT2D eigenvalue weighted by Crippen LogP contribution is -2.40. The van der Waals surface area contributed by atoms with Gasteiger partial charge in [0.2, 0.25) is 0 Å². The molecule has 0 saturated carbocycles. The first-order chi connectivity index (χ1) is 9.02. The molecular weight excluding hydrogens is 244 g/mol. The number of nitrogens with one attached hydrogen (secondary N) is 1. The van der Waals surface area contributed by atoms with Crippen molar-refractivity contribution in [2.45, 2.75) is 26.8 Å². The third kappa shape index (κ3) is 5.42. The summed E-state index contributed by atoms with van der Waals surface area (Å²) in [5.74, 6) is -0.898. The van der Waals surface area contributed by atoms with Crippen molar-refractivity contribution in [3.05, 3.63) is 35.4 Å². The Kier molecular flexibility index (Phi) is 5.85. The van der Waals surface area contributed by atoms with E-state index in [1.165, 1.54) is 4.90 Å². The Labute approximate surface area is 113 Å². The number of carbonyl (C=O) groups excluding carboxylic acids is 1. The van der Waals surface area contributed by atoms with E-state index in [1.807, 2.05) is 38.1 Å². The van der Waals surface area contributed by atoms with Gasteiger partial charge in [-0.25, -0.2) is 4.79 Å². The average Bonchev–Trinajstić information content (AvgIpc) is 2.37. The fourth-order valence-electron chi connectivity index (χ4n) is 1.75. The molecule has 0 atom stereocenters. The summed E-state index contributed by atoms with van der Waals surface area (Å²) in [6.07, 6.45) is -0.0360. The molecule has 1 aromatic carbocycles. The number of urea groups is 1. The first-order valence-electron chi connectivity index (χ1n) is 6.33. The normalized spacial score (nSPS) is 10.0. The van der Waals surface area contributed by atoms with Crippen molar-refractivity contribution >= 4 is 12.0 Å². The van der Waals surface area contributed by atoms with Gasteiger partial charge in [0, 0.05) is 19.6 Å². The average molecular weight is 264 g/mol. The number of hydrogen-bond acceptors (Lipinski definition) is 2. The molecule has 5 nitrogen and oxygen atoms in total. The molecule has 0 heterocycles. The third-order valence-electron chi connectivity index (χ3n) is 2.79. The highest BCUT2D eigenvalue weighted by molar-refractivity contribution is 5.75. The van der Waals surface area contributed by atoms with Crippen molar-refractivity contribution in [1.82, 2.24) is 10.2 Å². The quantitative estimate of drug-likeness (QED) is 0.825. The number of carboxylic acid groups (broad SMARTS) is 1. The second-order valence-corrected chi connectivity index (χ2v) is 4.37. The van der Waals surface area contributed by atoms with Gasteiger partial charge in [-0.2, -0.15) is 0 Å². The summed E-state index contributed by atoms with van der Waals surface area (Å²) in [7, 11) is 0. The van der Waals surface area contributed by atoms with E-state index in [4.69, 9.17) is 5.11 Å². The Morgan fingerprint density at radius 1 is 1.37 bits per heavy atom. The van der Waals surface area contributed by atoms with E-state index in [9.17, 15) is 9.59 Å². The minimum atomic E-state index is -0.898. The van der Waals surface area contributed by atoms with Gasteiger partial charge >= 0.3 is 12.0 Å².